The number of furan rings is 1. The lowest BCUT2D eigenvalue weighted by Crippen LogP contribution is -2.46. The minimum atomic E-state index is -0.0848. The van der Waals surface area contributed by atoms with Gasteiger partial charge in [-0.15, -0.1) is 0 Å². The minimum absolute atomic E-state index is 0.0848. The third-order valence-electron chi connectivity index (χ3n) is 2.18. The number of carbonyl (C=O) groups excluding carboxylic acids is 1. The molecule has 2 rings (SSSR count). The van der Waals surface area contributed by atoms with Gasteiger partial charge in [0.15, 0.2) is 5.76 Å². The molecule has 1 aliphatic heterocycles. The van der Waals surface area contributed by atoms with Gasteiger partial charge in [0.2, 0.25) is 0 Å². The van der Waals surface area contributed by atoms with Gasteiger partial charge in [0.1, 0.15) is 6.26 Å². The SMILES string of the molecule is O=C(c1cc(Cl)co1)N1CCNCC1. The Morgan fingerprint density at radius 2 is 2.21 bits per heavy atom. The molecule has 5 heteroatoms. The summed E-state index contributed by atoms with van der Waals surface area (Å²) in [5.41, 5.74) is 0. The highest BCUT2D eigenvalue weighted by Crippen LogP contribution is 2.15. The smallest absolute Gasteiger partial charge is 0.289 e. The van der Waals surface area contributed by atoms with E-state index in [1.807, 2.05) is 0 Å². The molecule has 1 N–H and O–H groups in total. The lowest BCUT2D eigenvalue weighted by Gasteiger charge is -2.26. The topological polar surface area (TPSA) is 45.5 Å². The van der Waals surface area contributed by atoms with Gasteiger partial charge in [0, 0.05) is 32.2 Å². The molecule has 0 aliphatic carbocycles. The Bertz CT molecular complexity index is 331. The summed E-state index contributed by atoms with van der Waals surface area (Å²) in [6, 6.07) is 1.55. The molecule has 2 heterocycles. The molecule has 76 valence electrons. The fourth-order valence-electron chi connectivity index (χ4n) is 1.45. The van der Waals surface area contributed by atoms with Crippen LogP contribution in [0.2, 0.25) is 5.02 Å². The van der Waals surface area contributed by atoms with Gasteiger partial charge in [-0.05, 0) is 0 Å². The van der Waals surface area contributed by atoms with E-state index in [0.29, 0.717) is 10.8 Å². The van der Waals surface area contributed by atoms with Crippen LogP contribution in [-0.4, -0.2) is 37.0 Å². The predicted molar refractivity (Wildman–Crippen MR) is 52.5 cm³/mol. The quantitative estimate of drug-likeness (QED) is 0.758. The van der Waals surface area contributed by atoms with Crippen molar-refractivity contribution in [3.8, 4) is 0 Å². The van der Waals surface area contributed by atoms with Gasteiger partial charge in [0.05, 0.1) is 5.02 Å². The normalized spacial score (nSPS) is 17.1. The summed E-state index contributed by atoms with van der Waals surface area (Å²) < 4.78 is 5.04. The van der Waals surface area contributed by atoms with E-state index in [0.717, 1.165) is 26.2 Å². The van der Waals surface area contributed by atoms with E-state index in [2.05, 4.69) is 5.32 Å². The number of carbonyl (C=O) groups is 1. The van der Waals surface area contributed by atoms with Crippen LogP contribution in [0.1, 0.15) is 10.6 Å². The highest BCUT2D eigenvalue weighted by molar-refractivity contribution is 6.30. The average Bonchev–Trinajstić information content (AvgIpc) is 2.65. The van der Waals surface area contributed by atoms with E-state index < -0.39 is 0 Å². The van der Waals surface area contributed by atoms with Crippen LogP contribution in [0, 0.1) is 0 Å². The lowest BCUT2D eigenvalue weighted by atomic mass is 10.3. The van der Waals surface area contributed by atoms with Crippen molar-refractivity contribution in [2.75, 3.05) is 26.2 Å². The van der Waals surface area contributed by atoms with Crippen molar-refractivity contribution in [2.24, 2.45) is 0 Å². The Morgan fingerprint density at radius 3 is 2.79 bits per heavy atom. The third-order valence-corrected chi connectivity index (χ3v) is 2.38. The van der Waals surface area contributed by atoms with E-state index in [-0.39, 0.29) is 5.91 Å². The highest BCUT2D eigenvalue weighted by atomic mass is 35.5. The number of halogens is 1. The van der Waals surface area contributed by atoms with Gasteiger partial charge in [-0.1, -0.05) is 11.6 Å². The molecule has 1 aromatic heterocycles. The molecule has 0 radical (unpaired) electrons. The van der Waals surface area contributed by atoms with Crippen molar-refractivity contribution in [3.05, 3.63) is 23.1 Å². The molecule has 1 aromatic rings. The van der Waals surface area contributed by atoms with Crippen molar-refractivity contribution in [1.82, 2.24) is 10.2 Å². The van der Waals surface area contributed by atoms with Gasteiger partial charge in [-0.2, -0.15) is 0 Å². The predicted octanol–water partition coefficient (Wildman–Crippen LogP) is 0.978. The number of hydrogen-bond donors (Lipinski definition) is 1. The molecule has 0 spiro atoms. The van der Waals surface area contributed by atoms with Crippen molar-refractivity contribution in [2.45, 2.75) is 0 Å². The summed E-state index contributed by atoms with van der Waals surface area (Å²) in [4.78, 5) is 13.5. The van der Waals surface area contributed by atoms with E-state index >= 15 is 0 Å². The summed E-state index contributed by atoms with van der Waals surface area (Å²) in [6.45, 7) is 3.11. The standard InChI is InChI=1S/C9H11ClN2O2/c10-7-5-8(14-6-7)9(13)12-3-1-11-2-4-12/h5-6,11H,1-4H2. The van der Waals surface area contributed by atoms with Crippen molar-refractivity contribution >= 4 is 17.5 Å². The Labute approximate surface area is 86.8 Å². The maximum atomic E-state index is 11.8. The first-order valence-corrected chi connectivity index (χ1v) is 4.89. The lowest BCUT2D eigenvalue weighted by molar-refractivity contribution is 0.0703. The second kappa shape index (κ2) is 4.02. The Balaban J connectivity index is 2.07. The molecule has 1 fully saturated rings. The maximum Gasteiger partial charge on any atom is 0.289 e. The number of rotatable bonds is 1. The van der Waals surface area contributed by atoms with Crippen molar-refractivity contribution in [1.29, 1.82) is 0 Å². The first-order chi connectivity index (χ1) is 6.77. The number of hydrogen-bond acceptors (Lipinski definition) is 3. The van der Waals surface area contributed by atoms with Crippen LogP contribution >= 0.6 is 11.6 Å². The third kappa shape index (κ3) is 1.91. The number of piperazine rings is 1. The van der Waals surface area contributed by atoms with Crippen LogP contribution in [0.5, 0.6) is 0 Å². The Hall–Kier alpha value is -1.00. The molecule has 4 nitrogen and oxygen atoms in total. The first kappa shape index (κ1) is 9.55. The summed E-state index contributed by atoms with van der Waals surface area (Å²) >= 11 is 5.67. The van der Waals surface area contributed by atoms with E-state index in [4.69, 9.17) is 16.0 Å². The summed E-state index contributed by atoms with van der Waals surface area (Å²) in [6.07, 6.45) is 1.37. The van der Waals surface area contributed by atoms with Gasteiger partial charge in [-0.3, -0.25) is 4.79 Å². The molecule has 1 saturated heterocycles. The first-order valence-electron chi connectivity index (χ1n) is 4.51. The van der Waals surface area contributed by atoms with Crippen LogP contribution in [0.25, 0.3) is 0 Å². The zero-order chi connectivity index (χ0) is 9.97. The second-order valence-corrected chi connectivity index (χ2v) is 3.61. The van der Waals surface area contributed by atoms with E-state index in [1.165, 1.54) is 6.26 Å². The number of amides is 1. The molecule has 0 aromatic carbocycles. The zero-order valence-corrected chi connectivity index (χ0v) is 8.38. The summed E-state index contributed by atoms with van der Waals surface area (Å²) in [5, 5.41) is 3.64. The molecular weight excluding hydrogens is 204 g/mol. The van der Waals surface area contributed by atoms with Gasteiger partial charge >= 0.3 is 0 Å². The highest BCUT2D eigenvalue weighted by Gasteiger charge is 2.20. The average molecular weight is 215 g/mol. The van der Waals surface area contributed by atoms with Gasteiger partial charge < -0.3 is 14.6 Å². The second-order valence-electron chi connectivity index (χ2n) is 3.17. The molecule has 14 heavy (non-hydrogen) atoms. The van der Waals surface area contributed by atoms with Gasteiger partial charge in [0.25, 0.3) is 5.91 Å². The molecular formula is C9H11ClN2O2. The fraction of sp³-hybridized carbons (Fsp3) is 0.444. The van der Waals surface area contributed by atoms with E-state index in [1.54, 1.807) is 11.0 Å². The van der Waals surface area contributed by atoms with Crippen LogP contribution < -0.4 is 5.32 Å². The fourth-order valence-corrected chi connectivity index (χ4v) is 1.59. The summed E-state index contributed by atoms with van der Waals surface area (Å²) in [7, 11) is 0. The monoisotopic (exact) mass is 214 g/mol. The van der Waals surface area contributed by atoms with Crippen molar-refractivity contribution < 1.29 is 9.21 Å². The van der Waals surface area contributed by atoms with E-state index in [9.17, 15) is 4.79 Å². The molecule has 0 bridgehead atoms. The molecule has 0 unspecified atom stereocenters. The maximum absolute atomic E-state index is 11.8. The van der Waals surface area contributed by atoms with Crippen LogP contribution in [0.3, 0.4) is 0 Å². The zero-order valence-electron chi connectivity index (χ0n) is 7.62. The Morgan fingerprint density at radius 1 is 1.50 bits per heavy atom. The minimum Gasteiger partial charge on any atom is -0.458 e. The van der Waals surface area contributed by atoms with Crippen LogP contribution in [0.15, 0.2) is 16.7 Å². The summed E-state index contributed by atoms with van der Waals surface area (Å²) in [5.74, 6) is 0.232. The molecule has 1 aliphatic rings. The largest absolute Gasteiger partial charge is 0.458 e. The molecule has 0 atom stereocenters. The molecule has 0 saturated carbocycles. The molecule has 1 amide bonds. The number of nitrogens with one attached hydrogen (secondary N) is 1. The Kier molecular flexibility index (Phi) is 2.74. The van der Waals surface area contributed by atoms with Gasteiger partial charge in [-0.25, -0.2) is 0 Å². The van der Waals surface area contributed by atoms with Crippen LogP contribution in [0.4, 0.5) is 0 Å². The van der Waals surface area contributed by atoms with Crippen molar-refractivity contribution in [3.63, 3.8) is 0 Å². The number of nitrogens with zero attached hydrogens (tertiary/aromatic N) is 1. The van der Waals surface area contributed by atoms with Crippen LogP contribution in [-0.2, 0) is 0 Å².